The van der Waals surface area contributed by atoms with Gasteiger partial charge in [-0.3, -0.25) is 4.79 Å². The zero-order chi connectivity index (χ0) is 20.0. The van der Waals surface area contributed by atoms with Crippen molar-refractivity contribution in [3.05, 3.63) is 63.1 Å². The molecule has 0 atom stereocenters. The number of aryl methyl sites for hydroxylation is 1. The number of H-pyrrole nitrogens is 1. The third kappa shape index (κ3) is 3.15. The molecule has 0 aliphatic rings. The highest BCUT2D eigenvalue weighted by atomic mass is 35.5. The lowest BCUT2D eigenvalue weighted by atomic mass is 10.0. The highest BCUT2D eigenvalue weighted by Gasteiger charge is 2.23. The zero-order valence-electron chi connectivity index (χ0n) is 15.6. The second kappa shape index (κ2) is 6.96. The Bertz CT molecular complexity index is 1190. The van der Waals surface area contributed by atoms with Crippen molar-refractivity contribution in [2.45, 2.75) is 6.92 Å². The summed E-state index contributed by atoms with van der Waals surface area (Å²) < 4.78 is 0. The number of nitrogens with zero attached hydrogens (tertiary/aromatic N) is 2. The molecule has 7 heteroatoms. The van der Waals surface area contributed by atoms with E-state index in [1.807, 2.05) is 56.3 Å². The van der Waals surface area contributed by atoms with Crippen LogP contribution in [0, 0.1) is 6.92 Å². The van der Waals surface area contributed by atoms with Crippen LogP contribution in [0.5, 0.6) is 5.88 Å². The van der Waals surface area contributed by atoms with Crippen molar-refractivity contribution >= 4 is 45.3 Å². The SMILES string of the molecule is Cc1ncc(C(=O)c2c(O)[nH]c3cc(Cl)c(-c4ccc(N(C)C)cc4)cc23)s1. The van der Waals surface area contributed by atoms with Gasteiger partial charge in [0, 0.05) is 36.9 Å². The van der Waals surface area contributed by atoms with Crippen molar-refractivity contribution in [1.29, 1.82) is 0 Å². The number of nitrogens with one attached hydrogen (secondary N) is 1. The molecule has 0 amide bonds. The minimum Gasteiger partial charge on any atom is -0.494 e. The predicted molar refractivity (Wildman–Crippen MR) is 115 cm³/mol. The van der Waals surface area contributed by atoms with Crippen molar-refractivity contribution in [3.8, 4) is 17.0 Å². The standard InChI is InChI=1S/C21H18ClN3O2S/c1-11-23-10-18(28-11)20(26)19-15-8-14(16(22)9-17(15)24-21(19)27)12-4-6-13(7-5-12)25(2)3/h4-10,24,27H,1-3H3. The van der Waals surface area contributed by atoms with Crippen LogP contribution >= 0.6 is 22.9 Å². The van der Waals surface area contributed by atoms with Crippen LogP contribution in [0.1, 0.15) is 20.2 Å². The third-order valence-electron chi connectivity index (χ3n) is 4.63. The summed E-state index contributed by atoms with van der Waals surface area (Å²) >= 11 is 7.80. The fourth-order valence-corrected chi connectivity index (χ4v) is 4.18. The van der Waals surface area contributed by atoms with E-state index in [4.69, 9.17) is 11.6 Å². The van der Waals surface area contributed by atoms with E-state index in [1.54, 1.807) is 6.07 Å². The molecule has 4 aromatic rings. The molecule has 0 radical (unpaired) electrons. The van der Waals surface area contributed by atoms with Crippen LogP contribution in [0.3, 0.4) is 0 Å². The van der Waals surface area contributed by atoms with Crippen molar-refractivity contribution in [1.82, 2.24) is 9.97 Å². The van der Waals surface area contributed by atoms with Crippen LogP contribution in [0.15, 0.2) is 42.6 Å². The van der Waals surface area contributed by atoms with Gasteiger partial charge in [0.15, 0.2) is 0 Å². The molecule has 0 fully saturated rings. The molecule has 0 saturated carbocycles. The van der Waals surface area contributed by atoms with Crippen LogP contribution < -0.4 is 4.90 Å². The lowest BCUT2D eigenvalue weighted by Gasteiger charge is -2.13. The maximum Gasteiger partial charge on any atom is 0.210 e. The second-order valence-electron chi connectivity index (χ2n) is 6.74. The number of aromatic nitrogens is 2. The second-order valence-corrected chi connectivity index (χ2v) is 8.38. The van der Waals surface area contributed by atoms with E-state index in [2.05, 4.69) is 9.97 Å². The number of hydrogen-bond donors (Lipinski definition) is 2. The third-order valence-corrected chi connectivity index (χ3v) is 5.86. The number of benzene rings is 2. The number of anilines is 1. The maximum absolute atomic E-state index is 13.0. The largest absolute Gasteiger partial charge is 0.494 e. The van der Waals surface area contributed by atoms with Crippen LogP contribution in [0.2, 0.25) is 5.02 Å². The smallest absolute Gasteiger partial charge is 0.210 e. The van der Waals surface area contributed by atoms with Crippen molar-refractivity contribution in [2.24, 2.45) is 0 Å². The average Bonchev–Trinajstić information content (AvgIpc) is 3.23. The number of rotatable bonds is 4. The summed E-state index contributed by atoms with van der Waals surface area (Å²) in [6.45, 7) is 1.84. The van der Waals surface area contributed by atoms with Crippen LogP contribution in [-0.2, 0) is 0 Å². The van der Waals surface area contributed by atoms with Gasteiger partial charge in [0.25, 0.3) is 0 Å². The molecule has 5 nitrogen and oxygen atoms in total. The maximum atomic E-state index is 13.0. The first-order chi connectivity index (χ1) is 13.3. The molecule has 0 aliphatic carbocycles. The topological polar surface area (TPSA) is 69.2 Å². The Labute approximate surface area is 171 Å². The van der Waals surface area contributed by atoms with Crippen LogP contribution in [-0.4, -0.2) is 35.0 Å². The molecule has 2 aromatic carbocycles. The van der Waals surface area contributed by atoms with E-state index < -0.39 is 0 Å². The molecule has 0 unspecified atom stereocenters. The van der Waals surface area contributed by atoms with E-state index in [1.165, 1.54) is 17.5 Å². The Balaban J connectivity index is 1.86. The summed E-state index contributed by atoms with van der Waals surface area (Å²) in [6.07, 6.45) is 1.54. The molecule has 28 heavy (non-hydrogen) atoms. The molecule has 4 rings (SSSR count). The van der Waals surface area contributed by atoms with Gasteiger partial charge >= 0.3 is 0 Å². The summed E-state index contributed by atoms with van der Waals surface area (Å²) in [5, 5.41) is 12.4. The lowest BCUT2D eigenvalue weighted by Crippen LogP contribution is -2.07. The van der Waals surface area contributed by atoms with Crippen molar-refractivity contribution in [2.75, 3.05) is 19.0 Å². The van der Waals surface area contributed by atoms with Crippen LogP contribution in [0.25, 0.3) is 22.0 Å². The number of fused-ring (bicyclic) bond motifs is 1. The summed E-state index contributed by atoms with van der Waals surface area (Å²) in [5.74, 6) is -0.423. The van der Waals surface area contributed by atoms with Gasteiger partial charge in [-0.15, -0.1) is 11.3 Å². The van der Waals surface area contributed by atoms with Gasteiger partial charge in [-0.25, -0.2) is 4.98 Å². The number of carbonyl (C=O) groups is 1. The quantitative estimate of drug-likeness (QED) is 0.449. The minimum atomic E-state index is -0.259. The number of thiazole rings is 1. The number of aromatic amines is 1. The van der Waals surface area contributed by atoms with Gasteiger partial charge in [-0.2, -0.15) is 0 Å². The monoisotopic (exact) mass is 411 g/mol. The van der Waals surface area contributed by atoms with Crippen molar-refractivity contribution < 1.29 is 9.90 Å². The highest BCUT2D eigenvalue weighted by Crippen LogP contribution is 2.38. The van der Waals surface area contributed by atoms with Gasteiger partial charge < -0.3 is 15.0 Å². The summed E-state index contributed by atoms with van der Waals surface area (Å²) in [7, 11) is 3.96. The van der Waals surface area contributed by atoms with Gasteiger partial charge in [-0.05, 0) is 36.8 Å². The first kappa shape index (κ1) is 18.5. The molecule has 2 aromatic heterocycles. The first-order valence-corrected chi connectivity index (χ1v) is 9.83. The van der Waals surface area contributed by atoms with E-state index >= 15 is 0 Å². The number of ketones is 1. The summed E-state index contributed by atoms with van der Waals surface area (Å²) in [6, 6.07) is 11.6. The number of carbonyl (C=O) groups excluding carboxylic acids is 1. The first-order valence-electron chi connectivity index (χ1n) is 8.64. The summed E-state index contributed by atoms with van der Waals surface area (Å²) in [5.41, 5.74) is 3.66. The predicted octanol–water partition coefficient (Wildman–Crippen LogP) is 5.26. The molecule has 0 saturated heterocycles. The highest BCUT2D eigenvalue weighted by molar-refractivity contribution is 7.13. The number of halogens is 1. The zero-order valence-corrected chi connectivity index (χ0v) is 17.1. The van der Waals surface area contributed by atoms with E-state index in [0.29, 0.717) is 20.8 Å². The van der Waals surface area contributed by atoms with Gasteiger partial charge in [0.1, 0.15) is 0 Å². The Morgan fingerprint density at radius 1 is 1.21 bits per heavy atom. The minimum absolute atomic E-state index is 0.165. The molecule has 0 aliphatic heterocycles. The Hall–Kier alpha value is -2.83. The molecular formula is C21H18ClN3O2S. The fraction of sp³-hybridized carbons (Fsp3) is 0.143. The Kier molecular flexibility index (Phi) is 4.61. The van der Waals surface area contributed by atoms with Gasteiger partial charge in [-0.1, -0.05) is 23.7 Å². The molecule has 0 spiro atoms. The summed E-state index contributed by atoms with van der Waals surface area (Å²) in [4.78, 5) is 22.5. The average molecular weight is 412 g/mol. The molecule has 2 heterocycles. The Morgan fingerprint density at radius 3 is 2.54 bits per heavy atom. The van der Waals surface area contributed by atoms with Gasteiger partial charge in [0.2, 0.25) is 11.7 Å². The normalized spacial score (nSPS) is 11.1. The lowest BCUT2D eigenvalue weighted by molar-refractivity contribution is 0.104. The van der Waals surface area contributed by atoms with E-state index in [-0.39, 0.29) is 17.2 Å². The molecular weight excluding hydrogens is 394 g/mol. The molecule has 142 valence electrons. The Morgan fingerprint density at radius 2 is 1.93 bits per heavy atom. The fourth-order valence-electron chi connectivity index (χ4n) is 3.18. The van der Waals surface area contributed by atoms with E-state index in [0.717, 1.165) is 21.8 Å². The molecule has 0 bridgehead atoms. The van der Waals surface area contributed by atoms with Crippen LogP contribution in [0.4, 0.5) is 5.69 Å². The number of aromatic hydroxyl groups is 1. The van der Waals surface area contributed by atoms with Gasteiger partial charge in [0.05, 0.1) is 26.0 Å². The van der Waals surface area contributed by atoms with Crippen molar-refractivity contribution in [3.63, 3.8) is 0 Å². The van der Waals surface area contributed by atoms with E-state index in [9.17, 15) is 9.90 Å². The number of hydrogen-bond acceptors (Lipinski definition) is 5. The molecule has 2 N–H and O–H groups in total.